The Morgan fingerprint density at radius 3 is 2.79 bits per heavy atom. The molecule has 1 aliphatic heterocycles. The van der Waals surface area contributed by atoms with Gasteiger partial charge in [-0.25, -0.2) is 0 Å². The molecule has 1 aromatic heterocycles. The first-order valence-corrected chi connectivity index (χ1v) is 8.71. The van der Waals surface area contributed by atoms with Crippen LogP contribution in [0.4, 0.5) is 0 Å². The molecule has 0 spiro atoms. The molecule has 0 saturated heterocycles. The summed E-state index contributed by atoms with van der Waals surface area (Å²) in [6.45, 7) is 3.19. The Hall–Kier alpha value is -0.850. The summed E-state index contributed by atoms with van der Waals surface area (Å²) in [6, 6.07) is 0. The predicted molar refractivity (Wildman–Crippen MR) is 99.0 cm³/mol. The van der Waals surface area contributed by atoms with E-state index in [-0.39, 0.29) is 30.7 Å². The number of hydrogen-bond donors (Lipinski definition) is 2. The average molecular weight is 378 g/mol. The predicted octanol–water partition coefficient (Wildman–Crippen LogP) is 1.90. The van der Waals surface area contributed by atoms with Gasteiger partial charge in [0.2, 0.25) is 5.91 Å². The third-order valence-corrected chi connectivity index (χ3v) is 4.50. The number of hydrogen-bond acceptors (Lipinski definition) is 4. The first kappa shape index (κ1) is 21.2. The summed E-state index contributed by atoms with van der Waals surface area (Å²) in [7, 11) is 0. The molecule has 1 saturated carbocycles. The molecule has 2 heterocycles. The van der Waals surface area contributed by atoms with Gasteiger partial charge in [-0.2, -0.15) is 0 Å². The van der Waals surface area contributed by atoms with Crippen molar-refractivity contribution in [3.05, 3.63) is 11.6 Å². The standard InChI is InChI=1S/C16H27N5O.2ClH/c22-16(12-17-11-13-7-8-13)18-9-4-6-15-20-19-14-5-2-1-3-10-21(14)15;;/h13,17H,1-12H2,(H,18,22);2*1H. The van der Waals surface area contributed by atoms with E-state index in [0.29, 0.717) is 13.1 Å². The van der Waals surface area contributed by atoms with E-state index in [1.54, 1.807) is 0 Å². The number of nitrogens with zero attached hydrogens (tertiary/aromatic N) is 3. The molecule has 1 aromatic rings. The minimum Gasteiger partial charge on any atom is -0.355 e. The largest absolute Gasteiger partial charge is 0.355 e. The summed E-state index contributed by atoms with van der Waals surface area (Å²) in [5, 5.41) is 14.8. The van der Waals surface area contributed by atoms with Gasteiger partial charge in [-0.3, -0.25) is 4.79 Å². The van der Waals surface area contributed by atoms with E-state index in [9.17, 15) is 4.79 Å². The number of carbonyl (C=O) groups is 1. The zero-order chi connectivity index (χ0) is 15.2. The molecule has 0 aromatic carbocycles. The Kier molecular flexibility index (Phi) is 9.63. The second-order valence-electron chi connectivity index (χ2n) is 6.52. The first-order chi connectivity index (χ1) is 10.8. The van der Waals surface area contributed by atoms with Crippen molar-refractivity contribution in [1.29, 1.82) is 0 Å². The van der Waals surface area contributed by atoms with Crippen LogP contribution in [0.5, 0.6) is 0 Å². The van der Waals surface area contributed by atoms with Crippen LogP contribution >= 0.6 is 24.8 Å². The fourth-order valence-electron chi connectivity index (χ4n) is 2.98. The van der Waals surface area contributed by atoms with Gasteiger partial charge in [0, 0.05) is 25.9 Å². The molecule has 1 fully saturated rings. The molecule has 2 aliphatic rings. The topological polar surface area (TPSA) is 71.8 Å². The van der Waals surface area contributed by atoms with Crippen LogP contribution in [-0.2, 0) is 24.2 Å². The number of amides is 1. The van der Waals surface area contributed by atoms with Crippen LogP contribution < -0.4 is 10.6 Å². The van der Waals surface area contributed by atoms with Crippen molar-refractivity contribution in [1.82, 2.24) is 25.4 Å². The van der Waals surface area contributed by atoms with Gasteiger partial charge in [0.25, 0.3) is 0 Å². The highest BCUT2D eigenvalue weighted by atomic mass is 35.5. The molecule has 3 rings (SSSR count). The molecule has 0 radical (unpaired) electrons. The van der Waals surface area contributed by atoms with Crippen molar-refractivity contribution >= 4 is 30.7 Å². The van der Waals surface area contributed by atoms with E-state index in [4.69, 9.17) is 0 Å². The summed E-state index contributed by atoms with van der Waals surface area (Å²) < 4.78 is 2.28. The van der Waals surface area contributed by atoms with Crippen molar-refractivity contribution in [3.63, 3.8) is 0 Å². The molecular formula is C16H29Cl2N5O. The number of fused-ring (bicyclic) bond motifs is 1. The van der Waals surface area contributed by atoms with E-state index in [0.717, 1.165) is 49.9 Å². The molecule has 2 N–H and O–H groups in total. The van der Waals surface area contributed by atoms with E-state index < -0.39 is 0 Å². The maximum atomic E-state index is 11.7. The number of carbonyl (C=O) groups excluding carboxylic acids is 1. The highest BCUT2D eigenvalue weighted by Gasteiger charge is 2.20. The van der Waals surface area contributed by atoms with Gasteiger partial charge in [0.05, 0.1) is 6.54 Å². The Morgan fingerprint density at radius 1 is 1.17 bits per heavy atom. The maximum Gasteiger partial charge on any atom is 0.233 e. The highest BCUT2D eigenvalue weighted by Crippen LogP contribution is 2.27. The van der Waals surface area contributed by atoms with Gasteiger partial charge in [0.15, 0.2) is 0 Å². The summed E-state index contributed by atoms with van der Waals surface area (Å²) in [5.41, 5.74) is 0. The summed E-state index contributed by atoms with van der Waals surface area (Å²) in [5.74, 6) is 3.13. The van der Waals surface area contributed by atoms with Crippen LogP contribution in [0.1, 0.15) is 50.2 Å². The van der Waals surface area contributed by atoms with Crippen molar-refractivity contribution in [3.8, 4) is 0 Å². The SMILES string of the molecule is Cl.Cl.O=C(CNCC1CC1)NCCCc1nnc2n1CCCCC2. The van der Waals surface area contributed by atoms with Gasteiger partial charge >= 0.3 is 0 Å². The molecule has 0 bridgehead atoms. The van der Waals surface area contributed by atoms with Gasteiger partial charge in [-0.05, 0) is 44.6 Å². The van der Waals surface area contributed by atoms with Crippen LogP contribution in [-0.4, -0.2) is 40.3 Å². The minimum atomic E-state index is 0. The van der Waals surface area contributed by atoms with Gasteiger partial charge in [-0.15, -0.1) is 35.0 Å². The van der Waals surface area contributed by atoms with Crippen molar-refractivity contribution in [2.45, 2.75) is 57.9 Å². The minimum absolute atomic E-state index is 0. The third kappa shape index (κ3) is 6.57. The number of nitrogens with one attached hydrogen (secondary N) is 2. The average Bonchev–Trinajstić information content (AvgIpc) is 3.30. The molecule has 0 unspecified atom stereocenters. The maximum absolute atomic E-state index is 11.7. The lowest BCUT2D eigenvalue weighted by atomic mass is 10.2. The van der Waals surface area contributed by atoms with E-state index in [1.165, 1.54) is 32.1 Å². The van der Waals surface area contributed by atoms with Crippen LogP contribution in [0.3, 0.4) is 0 Å². The van der Waals surface area contributed by atoms with Crippen LogP contribution in [0.2, 0.25) is 0 Å². The van der Waals surface area contributed by atoms with Crippen molar-refractivity contribution in [2.75, 3.05) is 19.6 Å². The molecule has 1 aliphatic carbocycles. The lowest BCUT2D eigenvalue weighted by molar-refractivity contribution is -0.120. The molecule has 8 heteroatoms. The first-order valence-electron chi connectivity index (χ1n) is 8.71. The second-order valence-corrected chi connectivity index (χ2v) is 6.52. The number of halogens is 2. The van der Waals surface area contributed by atoms with Gasteiger partial charge in [0.1, 0.15) is 11.6 Å². The summed E-state index contributed by atoms with van der Waals surface area (Å²) >= 11 is 0. The Bertz CT molecular complexity index is 505. The molecule has 6 nitrogen and oxygen atoms in total. The molecule has 138 valence electrons. The Morgan fingerprint density at radius 2 is 2.00 bits per heavy atom. The Labute approximate surface area is 156 Å². The summed E-state index contributed by atoms with van der Waals surface area (Å²) in [4.78, 5) is 11.7. The zero-order valence-electron chi connectivity index (χ0n) is 14.1. The molecule has 1 amide bonds. The monoisotopic (exact) mass is 377 g/mol. The second kappa shape index (κ2) is 10.9. The van der Waals surface area contributed by atoms with Crippen molar-refractivity contribution in [2.24, 2.45) is 5.92 Å². The van der Waals surface area contributed by atoms with E-state index in [2.05, 4.69) is 25.4 Å². The summed E-state index contributed by atoms with van der Waals surface area (Å²) in [6.07, 6.45) is 9.23. The number of aromatic nitrogens is 3. The lowest BCUT2D eigenvalue weighted by Gasteiger charge is -2.08. The molecular weight excluding hydrogens is 349 g/mol. The molecule has 0 atom stereocenters. The van der Waals surface area contributed by atoms with E-state index in [1.807, 2.05) is 0 Å². The Balaban J connectivity index is 0.00000144. The fraction of sp³-hybridized carbons (Fsp3) is 0.812. The number of rotatable bonds is 8. The van der Waals surface area contributed by atoms with Crippen molar-refractivity contribution < 1.29 is 4.79 Å². The van der Waals surface area contributed by atoms with Crippen LogP contribution in [0.25, 0.3) is 0 Å². The van der Waals surface area contributed by atoms with Gasteiger partial charge in [-0.1, -0.05) is 6.42 Å². The van der Waals surface area contributed by atoms with Crippen LogP contribution in [0.15, 0.2) is 0 Å². The smallest absolute Gasteiger partial charge is 0.233 e. The fourth-order valence-corrected chi connectivity index (χ4v) is 2.98. The third-order valence-electron chi connectivity index (χ3n) is 4.50. The van der Waals surface area contributed by atoms with Crippen LogP contribution in [0, 0.1) is 5.92 Å². The normalized spacial score (nSPS) is 16.3. The van der Waals surface area contributed by atoms with E-state index >= 15 is 0 Å². The van der Waals surface area contributed by atoms with Gasteiger partial charge < -0.3 is 15.2 Å². The lowest BCUT2D eigenvalue weighted by Crippen LogP contribution is -2.35. The zero-order valence-corrected chi connectivity index (χ0v) is 15.8. The molecule has 24 heavy (non-hydrogen) atoms. The quantitative estimate of drug-likeness (QED) is 0.678. The number of aryl methyl sites for hydroxylation is 2. The highest BCUT2D eigenvalue weighted by molar-refractivity contribution is 5.85.